The first-order valence-corrected chi connectivity index (χ1v) is 10.5. The molecular formula is C19H24O10S. The van der Waals surface area contributed by atoms with Crippen molar-refractivity contribution in [1.82, 2.24) is 0 Å². The third-order valence-electron chi connectivity index (χ3n) is 4.15. The second-order valence-corrected chi connectivity index (χ2v) is 8.33. The van der Waals surface area contributed by atoms with E-state index < -0.39 is 59.0 Å². The van der Waals surface area contributed by atoms with E-state index in [1.54, 1.807) is 12.1 Å². The van der Waals surface area contributed by atoms with Gasteiger partial charge in [0.2, 0.25) is 0 Å². The summed E-state index contributed by atoms with van der Waals surface area (Å²) in [6.07, 6.45) is -4.58. The van der Waals surface area contributed by atoms with Crippen molar-refractivity contribution in [3.63, 3.8) is 0 Å². The molecule has 166 valence electrons. The van der Waals surface area contributed by atoms with Crippen LogP contribution in [0.5, 0.6) is 0 Å². The zero-order chi connectivity index (χ0) is 22.5. The third-order valence-corrected chi connectivity index (χ3v) is 5.45. The Morgan fingerprint density at radius 3 is 2.00 bits per heavy atom. The van der Waals surface area contributed by atoms with Gasteiger partial charge in [0.05, 0.1) is 18.1 Å². The van der Waals surface area contributed by atoms with Crippen LogP contribution in [0.25, 0.3) is 0 Å². The summed E-state index contributed by atoms with van der Waals surface area (Å²) in [5.74, 6) is -2.09. The largest absolute Gasteiger partial charge is 0.456 e. The fraction of sp³-hybridized carbons (Fsp3) is 0.526. The van der Waals surface area contributed by atoms with Gasteiger partial charge in [-0.1, -0.05) is 17.7 Å². The Morgan fingerprint density at radius 2 is 1.47 bits per heavy atom. The van der Waals surface area contributed by atoms with E-state index in [4.69, 9.17) is 23.1 Å². The first-order chi connectivity index (χ1) is 14.0. The lowest BCUT2D eigenvalue weighted by Gasteiger charge is -2.40. The van der Waals surface area contributed by atoms with Gasteiger partial charge in [0.1, 0.15) is 6.10 Å². The lowest BCUT2D eigenvalue weighted by atomic mass is 9.99. The van der Waals surface area contributed by atoms with Crippen LogP contribution in [-0.4, -0.2) is 64.0 Å². The molecule has 1 aliphatic rings. The Hall–Kier alpha value is -2.50. The van der Waals surface area contributed by atoms with Crippen molar-refractivity contribution in [3.8, 4) is 0 Å². The van der Waals surface area contributed by atoms with Gasteiger partial charge >= 0.3 is 17.9 Å². The van der Waals surface area contributed by atoms with Gasteiger partial charge in [0, 0.05) is 20.8 Å². The number of aryl methyl sites for hydroxylation is 1. The van der Waals surface area contributed by atoms with Gasteiger partial charge in [0.25, 0.3) is 10.1 Å². The average Bonchev–Trinajstić information content (AvgIpc) is 2.63. The van der Waals surface area contributed by atoms with E-state index in [1.165, 1.54) is 12.1 Å². The summed E-state index contributed by atoms with van der Waals surface area (Å²) >= 11 is 0. The van der Waals surface area contributed by atoms with Crippen LogP contribution in [0.4, 0.5) is 0 Å². The van der Waals surface area contributed by atoms with Gasteiger partial charge in [-0.25, -0.2) is 0 Å². The maximum absolute atomic E-state index is 12.4. The highest BCUT2D eigenvalue weighted by Gasteiger charge is 2.47. The molecule has 1 aromatic rings. The topological polar surface area (TPSA) is 132 Å². The van der Waals surface area contributed by atoms with Crippen molar-refractivity contribution in [2.45, 2.75) is 57.0 Å². The third kappa shape index (κ3) is 6.51. The number of ether oxygens (including phenoxy) is 4. The summed E-state index contributed by atoms with van der Waals surface area (Å²) in [5.41, 5.74) is 0.875. The highest BCUT2D eigenvalue weighted by atomic mass is 32.2. The minimum atomic E-state index is -4.11. The summed E-state index contributed by atoms with van der Waals surface area (Å²) in [4.78, 5) is 34.4. The molecule has 1 heterocycles. The molecule has 0 spiro atoms. The summed E-state index contributed by atoms with van der Waals surface area (Å²) in [6.45, 7) is 4.51. The summed E-state index contributed by atoms with van der Waals surface area (Å²) in [7, 11) is -4.11. The first kappa shape index (κ1) is 23.8. The highest BCUT2D eigenvalue weighted by molar-refractivity contribution is 7.86. The molecule has 0 aromatic heterocycles. The zero-order valence-electron chi connectivity index (χ0n) is 17.0. The summed E-state index contributed by atoms with van der Waals surface area (Å²) in [6, 6.07) is 6.04. The van der Waals surface area contributed by atoms with Crippen LogP contribution in [0.2, 0.25) is 0 Å². The molecule has 4 atom stereocenters. The molecule has 0 amide bonds. The number of carbonyl (C=O) groups is 3. The van der Waals surface area contributed by atoms with Crippen LogP contribution in [-0.2, 0) is 47.6 Å². The zero-order valence-corrected chi connectivity index (χ0v) is 17.8. The standard InChI is InChI=1S/C19H24O10S/c1-11-5-7-15(8-6-11)30(23,24)26-10-16-18(28-13(3)21)19(29-14(4)22)17(9-25-16)27-12(2)20/h5-8,16-19H,9-10H2,1-4H3. The van der Waals surface area contributed by atoms with Crippen molar-refractivity contribution < 1.29 is 45.9 Å². The lowest BCUT2D eigenvalue weighted by molar-refractivity contribution is -0.228. The lowest BCUT2D eigenvalue weighted by Crippen LogP contribution is -2.58. The van der Waals surface area contributed by atoms with E-state index in [9.17, 15) is 22.8 Å². The molecule has 0 saturated carbocycles. The van der Waals surface area contributed by atoms with E-state index >= 15 is 0 Å². The number of hydrogen-bond acceptors (Lipinski definition) is 10. The van der Waals surface area contributed by atoms with Gasteiger partial charge in [0.15, 0.2) is 18.3 Å². The Labute approximate surface area is 174 Å². The van der Waals surface area contributed by atoms with Crippen LogP contribution in [0, 0.1) is 6.92 Å². The number of hydrogen-bond donors (Lipinski definition) is 0. The van der Waals surface area contributed by atoms with Crippen molar-refractivity contribution in [1.29, 1.82) is 0 Å². The predicted octanol–water partition coefficient (Wildman–Crippen LogP) is 0.894. The molecule has 0 radical (unpaired) electrons. The van der Waals surface area contributed by atoms with Crippen LogP contribution in [0.3, 0.4) is 0 Å². The summed E-state index contributed by atoms with van der Waals surface area (Å²) in [5, 5.41) is 0. The Bertz CT molecular complexity index is 877. The van der Waals surface area contributed by atoms with Gasteiger partial charge < -0.3 is 18.9 Å². The normalized spacial score (nSPS) is 24.0. The van der Waals surface area contributed by atoms with Gasteiger partial charge in [-0.2, -0.15) is 8.42 Å². The van der Waals surface area contributed by atoms with E-state index in [0.29, 0.717) is 0 Å². The van der Waals surface area contributed by atoms with Crippen molar-refractivity contribution in [3.05, 3.63) is 29.8 Å². The molecule has 0 N–H and O–H groups in total. The van der Waals surface area contributed by atoms with Crippen LogP contribution in [0.1, 0.15) is 26.3 Å². The quantitative estimate of drug-likeness (QED) is 0.339. The Morgan fingerprint density at radius 1 is 0.933 bits per heavy atom. The minimum Gasteiger partial charge on any atom is -0.456 e. The SMILES string of the molecule is CC(=O)OC1COC(COS(=O)(=O)c2ccc(C)cc2)C(OC(C)=O)C1OC(C)=O. The van der Waals surface area contributed by atoms with Gasteiger partial charge in [-0.3, -0.25) is 18.6 Å². The molecule has 4 unspecified atom stereocenters. The molecule has 11 heteroatoms. The number of carbonyl (C=O) groups excluding carboxylic acids is 3. The van der Waals surface area contributed by atoms with E-state index in [-0.39, 0.29) is 11.5 Å². The molecule has 10 nitrogen and oxygen atoms in total. The monoisotopic (exact) mass is 444 g/mol. The molecule has 2 rings (SSSR count). The van der Waals surface area contributed by atoms with Crippen LogP contribution in [0.15, 0.2) is 29.2 Å². The molecule has 0 aliphatic carbocycles. The molecule has 1 aliphatic heterocycles. The Balaban J connectivity index is 2.22. The van der Waals surface area contributed by atoms with Crippen molar-refractivity contribution in [2.24, 2.45) is 0 Å². The highest BCUT2D eigenvalue weighted by Crippen LogP contribution is 2.26. The Kier molecular flexibility index (Phi) is 7.93. The van der Waals surface area contributed by atoms with E-state index in [2.05, 4.69) is 0 Å². The summed E-state index contributed by atoms with van der Waals surface area (Å²) < 4.78 is 51.0. The van der Waals surface area contributed by atoms with Crippen LogP contribution >= 0.6 is 0 Å². The molecule has 1 aromatic carbocycles. The van der Waals surface area contributed by atoms with Crippen molar-refractivity contribution in [2.75, 3.05) is 13.2 Å². The number of esters is 3. The maximum Gasteiger partial charge on any atom is 0.303 e. The van der Waals surface area contributed by atoms with Crippen molar-refractivity contribution >= 4 is 28.0 Å². The predicted molar refractivity (Wildman–Crippen MR) is 101 cm³/mol. The molecule has 1 saturated heterocycles. The smallest absolute Gasteiger partial charge is 0.303 e. The maximum atomic E-state index is 12.4. The van der Waals surface area contributed by atoms with E-state index in [1.807, 2.05) is 6.92 Å². The first-order valence-electron chi connectivity index (χ1n) is 9.09. The fourth-order valence-electron chi connectivity index (χ4n) is 2.89. The van der Waals surface area contributed by atoms with Crippen LogP contribution < -0.4 is 0 Å². The molecule has 30 heavy (non-hydrogen) atoms. The number of rotatable bonds is 7. The molecule has 1 fully saturated rings. The molecular weight excluding hydrogens is 420 g/mol. The van der Waals surface area contributed by atoms with Gasteiger partial charge in [-0.05, 0) is 19.1 Å². The average molecular weight is 444 g/mol. The second-order valence-electron chi connectivity index (χ2n) is 6.72. The minimum absolute atomic E-state index is 0.0535. The number of benzene rings is 1. The van der Waals surface area contributed by atoms with Gasteiger partial charge in [-0.15, -0.1) is 0 Å². The fourth-order valence-corrected chi connectivity index (χ4v) is 3.81. The second kappa shape index (κ2) is 10.0. The molecule has 0 bridgehead atoms. The van der Waals surface area contributed by atoms with E-state index in [0.717, 1.165) is 26.3 Å².